The highest BCUT2D eigenvalue weighted by atomic mass is 32.2. The molecule has 7 nitrogen and oxygen atoms in total. The van der Waals surface area contributed by atoms with Gasteiger partial charge in [0.05, 0.1) is 16.8 Å². The Labute approximate surface area is 135 Å². The van der Waals surface area contributed by atoms with Gasteiger partial charge in [0.1, 0.15) is 5.69 Å². The quantitative estimate of drug-likeness (QED) is 0.749. The number of amides is 1. The molecule has 0 aliphatic carbocycles. The minimum absolute atomic E-state index is 0.0724. The van der Waals surface area contributed by atoms with Crippen molar-refractivity contribution in [1.29, 1.82) is 0 Å². The van der Waals surface area contributed by atoms with E-state index < -0.39 is 15.9 Å². The Morgan fingerprint density at radius 1 is 1.26 bits per heavy atom. The highest BCUT2D eigenvalue weighted by molar-refractivity contribution is 7.92. The molecule has 1 heterocycles. The van der Waals surface area contributed by atoms with Gasteiger partial charge in [-0.25, -0.2) is 8.42 Å². The summed E-state index contributed by atoms with van der Waals surface area (Å²) in [6.45, 7) is 5.62. The first-order valence-electron chi connectivity index (χ1n) is 7.29. The van der Waals surface area contributed by atoms with Crippen LogP contribution in [0.4, 0.5) is 5.69 Å². The minimum atomic E-state index is -3.78. The van der Waals surface area contributed by atoms with Crippen LogP contribution in [0.2, 0.25) is 0 Å². The number of aromatic amines is 1. The molecule has 2 aromatic rings. The molecule has 124 valence electrons. The van der Waals surface area contributed by atoms with Crippen LogP contribution in [0.1, 0.15) is 36.8 Å². The summed E-state index contributed by atoms with van der Waals surface area (Å²) in [4.78, 5) is 12.2. The lowest BCUT2D eigenvalue weighted by Gasteiger charge is -2.10. The number of aryl methyl sites for hydroxylation is 1. The molecule has 0 bridgehead atoms. The summed E-state index contributed by atoms with van der Waals surface area (Å²) in [6, 6.07) is 6.52. The number of H-pyrrole nitrogens is 1. The Bertz CT molecular complexity index is 779. The van der Waals surface area contributed by atoms with Gasteiger partial charge in [-0.1, -0.05) is 19.1 Å². The Kier molecular flexibility index (Phi) is 5.05. The monoisotopic (exact) mass is 336 g/mol. The van der Waals surface area contributed by atoms with Gasteiger partial charge in [-0.2, -0.15) is 5.10 Å². The molecule has 0 aliphatic heterocycles. The van der Waals surface area contributed by atoms with E-state index in [4.69, 9.17) is 0 Å². The van der Waals surface area contributed by atoms with Gasteiger partial charge in [0.15, 0.2) is 0 Å². The van der Waals surface area contributed by atoms with Crippen LogP contribution in [0.3, 0.4) is 0 Å². The number of nitrogens with zero attached hydrogens (tertiary/aromatic N) is 1. The standard InChI is InChI=1S/C15H20N4O3S/c1-4-11-5-7-12(8-6-11)23(21,22)19-13-9-16-18-14(13)15(20)17-10(2)3/h5-10,19H,4H2,1-3H3,(H,16,18)(H,17,20). The maximum Gasteiger partial charge on any atom is 0.271 e. The van der Waals surface area contributed by atoms with Gasteiger partial charge in [-0.3, -0.25) is 14.6 Å². The molecule has 0 fully saturated rings. The van der Waals surface area contributed by atoms with E-state index in [0.717, 1.165) is 12.0 Å². The maximum atomic E-state index is 12.4. The first-order chi connectivity index (χ1) is 10.8. The molecule has 0 saturated heterocycles. The molecular formula is C15H20N4O3S. The smallest absolute Gasteiger partial charge is 0.271 e. The van der Waals surface area contributed by atoms with Gasteiger partial charge in [0, 0.05) is 6.04 Å². The Morgan fingerprint density at radius 2 is 1.91 bits per heavy atom. The van der Waals surface area contributed by atoms with Crippen molar-refractivity contribution in [2.24, 2.45) is 0 Å². The van der Waals surface area contributed by atoms with Crippen molar-refractivity contribution in [3.05, 3.63) is 41.7 Å². The summed E-state index contributed by atoms with van der Waals surface area (Å²) < 4.78 is 27.2. The molecule has 1 amide bonds. The van der Waals surface area contributed by atoms with Gasteiger partial charge in [-0.15, -0.1) is 0 Å². The molecule has 0 saturated carbocycles. The van der Waals surface area contributed by atoms with Crippen molar-refractivity contribution in [3.8, 4) is 0 Å². The van der Waals surface area contributed by atoms with Crippen LogP contribution in [-0.2, 0) is 16.4 Å². The summed E-state index contributed by atoms with van der Waals surface area (Å²) in [5.41, 5.74) is 1.24. The zero-order valence-electron chi connectivity index (χ0n) is 13.3. The maximum absolute atomic E-state index is 12.4. The van der Waals surface area contributed by atoms with Crippen LogP contribution in [0.5, 0.6) is 0 Å². The summed E-state index contributed by atoms with van der Waals surface area (Å²) in [5, 5.41) is 8.94. The Balaban J connectivity index is 2.24. The van der Waals surface area contributed by atoms with Crippen LogP contribution >= 0.6 is 0 Å². The van der Waals surface area contributed by atoms with Crippen molar-refractivity contribution < 1.29 is 13.2 Å². The molecule has 1 aromatic heterocycles. The SMILES string of the molecule is CCc1ccc(S(=O)(=O)Nc2cn[nH]c2C(=O)NC(C)C)cc1. The molecule has 0 unspecified atom stereocenters. The number of hydrogen-bond acceptors (Lipinski definition) is 4. The number of rotatable bonds is 6. The molecule has 0 aliphatic rings. The van der Waals surface area contributed by atoms with Gasteiger partial charge in [0.2, 0.25) is 0 Å². The molecule has 1 aromatic carbocycles. The van der Waals surface area contributed by atoms with E-state index in [9.17, 15) is 13.2 Å². The third-order valence-electron chi connectivity index (χ3n) is 3.17. The summed E-state index contributed by atoms with van der Waals surface area (Å²) in [6.07, 6.45) is 2.10. The molecular weight excluding hydrogens is 316 g/mol. The highest BCUT2D eigenvalue weighted by Crippen LogP contribution is 2.19. The zero-order valence-corrected chi connectivity index (χ0v) is 14.1. The topological polar surface area (TPSA) is 104 Å². The first kappa shape index (κ1) is 17.0. The van der Waals surface area contributed by atoms with Gasteiger partial charge in [0.25, 0.3) is 15.9 Å². The predicted molar refractivity (Wildman–Crippen MR) is 87.8 cm³/mol. The lowest BCUT2D eigenvalue weighted by Crippen LogP contribution is -2.31. The number of benzene rings is 1. The third kappa shape index (κ3) is 4.10. The molecule has 0 atom stereocenters. The second-order valence-corrected chi connectivity index (χ2v) is 7.07. The second kappa shape index (κ2) is 6.82. The zero-order chi connectivity index (χ0) is 17.0. The number of anilines is 1. The van der Waals surface area contributed by atoms with Crippen LogP contribution in [0, 0.1) is 0 Å². The van der Waals surface area contributed by atoms with Crippen molar-refractivity contribution in [2.75, 3.05) is 4.72 Å². The lowest BCUT2D eigenvalue weighted by molar-refractivity contribution is 0.0939. The fourth-order valence-corrected chi connectivity index (χ4v) is 3.04. The first-order valence-corrected chi connectivity index (χ1v) is 8.77. The number of carbonyl (C=O) groups excluding carboxylic acids is 1. The highest BCUT2D eigenvalue weighted by Gasteiger charge is 2.20. The lowest BCUT2D eigenvalue weighted by atomic mass is 10.2. The molecule has 23 heavy (non-hydrogen) atoms. The van der Waals surface area contributed by atoms with E-state index in [1.807, 2.05) is 20.8 Å². The molecule has 0 spiro atoms. The minimum Gasteiger partial charge on any atom is -0.348 e. The van der Waals surface area contributed by atoms with Crippen LogP contribution in [-0.4, -0.2) is 30.6 Å². The summed E-state index contributed by atoms with van der Waals surface area (Å²) >= 11 is 0. The molecule has 0 radical (unpaired) electrons. The molecule has 8 heteroatoms. The average Bonchev–Trinajstić information content (AvgIpc) is 2.94. The second-order valence-electron chi connectivity index (χ2n) is 5.39. The van der Waals surface area contributed by atoms with Gasteiger partial charge >= 0.3 is 0 Å². The van der Waals surface area contributed by atoms with Crippen LogP contribution < -0.4 is 10.0 Å². The van der Waals surface area contributed by atoms with Crippen molar-refractivity contribution >= 4 is 21.6 Å². The normalized spacial score (nSPS) is 11.5. The van der Waals surface area contributed by atoms with Gasteiger partial charge < -0.3 is 5.32 Å². The van der Waals surface area contributed by atoms with E-state index in [1.54, 1.807) is 12.1 Å². The van der Waals surface area contributed by atoms with Crippen LogP contribution in [0.25, 0.3) is 0 Å². The summed E-state index contributed by atoms with van der Waals surface area (Å²) in [7, 11) is -3.78. The number of hydrogen-bond donors (Lipinski definition) is 3. The van der Waals surface area contributed by atoms with Crippen molar-refractivity contribution in [2.45, 2.75) is 38.1 Å². The fourth-order valence-electron chi connectivity index (χ4n) is 1.98. The van der Waals surface area contributed by atoms with E-state index in [1.165, 1.54) is 18.3 Å². The average molecular weight is 336 g/mol. The molecule has 2 rings (SSSR count). The van der Waals surface area contributed by atoms with E-state index in [-0.39, 0.29) is 22.3 Å². The number of nitrogens with one attached hydrogen (secondary N) is 3. The number of carbonyl (C=O) groups is 1. The van der Waals surface area contributed by atoms with E-state index >= 15 is 0 Å². The predicted octanol–water partition coefficient (Wildman–Crippen LogP) is 1.91. The van der Waals surface area contributed by atoms with E-state index in [0.29, 0.717) is 0 Å². The largest absolute Gasteiger partial charge is 0.348 e. The van der Waals surface area contributed by atoms with Crippen molar-refractivity contribution in [3.63, 3.8) is 0 Å². The Morgan fingerprint density at radius 3 is 2.48 bits per heavy atom. The summed E-state index contributed by atoms with van der Waals surface area (Å²) in [5.74, 6) is -0.420. The molecule has 3 N–H and O–H groups in total. The Hall–Kier alpha value is -2.35. The van der Waals surface area contributed by atoms with Crippen LogP contribution in [0.15, 0.2) is 35.4 Å². The number of sulfonamides is 1. The fraction of sp³-hybridized carbons (Fsp3) is 0.333. The third-order valence-corrected chi connectivity index (χ3v) is 4.55. The number of aromatic nitrogens is 2. The van der Waals surface area contributed by atoms with Gasteiger partial charge in [-0.05, 0) is 38.0 Å². The van der Waals surface area contributed by atoms with Crippen molar-refractivity contribution in [1.82, 2.24) is 15.5 Å². The van der Waals surface area contributed by atoms with E-state index in [2.05, 4.69) is 20.2 Å².